The summed E-state index contributed by atoms with van der Waals surface area (Å²) in [7, 11) is -9.92. The van der Waals surface area contributed by atoms with Crippen LogP contribution in [0.25, 0.3) is 0 Å². The average molecular weight is 1420 g/mol. The molecule has 3 unspecified atom stereocenters. The van der Waals surface area contributed by atoms with E-state index in [1.165, 1.54) is 167 Å². The van der Waals surface area contributed by atoms with E-state index in [2.05, 4.69) is 65.8 Å². The molecule has 0 spiro atoms. The standard InChI is InChI=1S/C78H148O17P2/c1-7-10-12-14-16-17-18-19-24-28-31-37-43-49-55-61-76(81)89-67-74(95-77(82)62-56-50-44-38-32-29-26-23-21-20-22-25-27-30-35-41-46-52-58-70(4)5)69-93-97(86,87)91-65-72(79)64-90-96(84,85)92-68-73(66-88-75(80)60-54-48-40-15-13-11-8-2)94-78(83)63-57-51-45-39-34-33-36-42-47-53-59-71(6)9-3/h17-19,24,70-74,79H,7-16,20-23,25-69H2,1-6H3,(H,84,85)(H,86,87)/b18-17-,24-19-/t71?,72-,73+,74+/m0/s1. The van der Waals surface area contributed by atoms with Crippen LogP contribution in [-0.4, -0.2) is 96.7 Å². The van der Waals surface area contributed by atoms with Gasteiger partial charge in [0.05, 0.1) is 26.4 Å². The lowest BCUT2D eigenvalue weighted by Gasteiger charge is -2.21. The third kappa shape index (κ3) is 70.4. The lowest BCUT2D eigenvalue weighted by atomic mass is 9.99. The monoisotopic (exact) mass is 1420 g/mol. The highest BCUT2D eigenvalue weighted by molar-refractivity contribution is 7.47. The lowest BCUT2D eigenvalue weighted by molar-refractivity contribution is -0.161. The maximum atomic E-state index is 13.1. The Balaban J connectivity index is 5.21. The fraction of sp³-hybridized carbons (Fsp3) is 0.897. The van der Waals surface area contributed by atoms with Crippen LogP contribution >= 0.6 is 15.6 Å². The highest BCUT2D eigenvalue weighted by Gasteiger charge is 2.30. The summed E-state index contributed by atoms with van der Waals surface area (Å²) in [6.07, 6.45) is 60.6. The molecule has 0 aliphatic carbocycles. The summed E-state index contributed by atoms with van der Waals surface area (Å²) in [4.78, 5) is 72.7. The van der Waals surface area contributed by atoms with Crippen molar-refractivity contribution in [3.8, 4) is 0 Å². The first-order chi connectivity index (χ1) is 46.9. The van der Waals surface area contributed by atoms with Crippen LogP contribution in [0.2, 0.25) is 0 Å². The molecule has 0 aromatic rings. The first kappa shape index (κ1) is 94.5. The van der Waals surface area contributed by atoms with E-state index in [0.717, 1.165) is 134 Å². The van der Waals surface area contributed by atoms with Crippen LogP contribution in [0.3, 0.4) is 0 Å². The van der Waals surface area contributed by atoms with Crippen LogP contribution in [0.1, 0.15) is 382 Å². The number of carbonyl (C=O) groups is 4. The topological polar surface area (TPSA) is 237 Å². The summed E-state index contributed by atoms with van der Waals surface area (Å²) in [6, 6.07) is 0. The van der Waals surface area contributed by atoms with Crippen molar-refractivity contribution in [2.24, 2.45) is 11.8 Å². The van der Waals surface area contributed by atoms with Gasteiger partial charge in [-0.05, 0) is 63.2 Å². The molecule has 0 saturated carbocycles. The van der Waals surface area contributed by atoms with E-state index in [4.69, 9.17) is 37.0 Å². The SMILES string of the molecule is CCCCCC/C=C\C=C/CCCCCCCC(=O)OC[C@H](COP(=O)(O)OC[C@@H](O)COP(=O)(O)OC[C@@H](COC(=O)CCCCCCCCC)OC(=O)CCCCCCCCCCCCC(C)CC)OC(=O)CCCCCCCCCCCCCCCCCCCCC(C)C. The third-order valence-corrected chi connectivity index (χ3v) is 19.8. The number of phosphoric acid groups is 2. The maximum absolute atomic E-state index is 13.1. The fourth-order valence-corrected chi connectivity index (χ4v) is 13.0. The third-order valence-electron chi connectivity index (χ3n) is 17.9. The van der Waals surface area contributed by atoms with Crippen molar-refractivity contribution in [1.29, 1.82) is 0 Å². The number of allylic oxidation sites excluding steroid dienone is 4. The summed E-state index contributed by atoms with van der Waals surface area (Å²) >= 11 is 0. The number of hydrogen-bond acceptors (Lipinski definition) is 15. The molecule has 0 aromatic heterocycles. The molecule has 0 heterocycles. The number of unbranched alkanes of at least 4 members (excludes halogenated alkanes) is 41. The van der Waals surface area contributed by atoms with E-state index in [1.54, 1.807) is 0 Å². The van der Waals surface area contributed by atoms with E-state index in [-0.39, 0.29) is 25.7 Å². The van der Waals surface area contributed by atoms with Crippen molar-refractivity contribution >= 4 is 39.5 Å². The van der Waals surface area contributed by atoms with Gasteiger partial charge in [0, 0.05) is 25.7 Å². The predicted molar refractivity (Wildman–Crippen MR) is 395 cm³/mol. The molecule has 0 fully saturated rings. The van der Waals surface area contributed by atoms with Gasteiger partial charge in [-0.3, -0.25) is 37.3 Å². The van der Waals surface area contributed by atoms with Crippen molar-refractivity contribution < 1.29 is 80.2 Å². The van der Waals surface area contributed by atoms with E-state index < -0.39 is 97.5 Å². The molecule has 3 N–H and O–H groups in total. The van der Waals surface area contributed by atoms with Crippen molar-refractivity contribution in [1.82, 2.24) is 0 Å². The molecule has 0 radical (unpaired) electrons. The Kier molecular flexibility index (Phi) is 67.5. The zero-order valence-corrected chi connectivity index (χ0v) is 64.7. The molecular weight excluding hydrogens is 1270 g/mol. The number of ether oxygens (including phenoxy) is 4. The Morgan fingerprint density at radius 2 is 0.608 bits per heavy atom. The van der Waals surface area contributed by atoms with Crippen molar-refractivity contribution in [3.05, 3.63) is 24.3 Å². The molecule has 19 heteroatoms. The average Bonchev–Trinajstić information content (AvgIpc) is 3.64. The second kappa shape index (κ2) is 69.3. The largest absolute Gasteiger partial charge is 0.472 e. The van der Waals surface area contributed by atoms with Crippen molar-refractivity contribution in [2.75, 3.05) is 39.6 Å². The van der Waals surface area contributed by atoms with Gasteiger partial charge in [0.15, 0.2) is 12.2 Å². The molecule has 97 heavy (non-hydrogen) atoms. The summed E-state index contributed by atoms with van der Waals surface area (Å²) < 4.78 is 68.4. The first-order valence-corrected chi connectivity index (χ1v) is 42.8. The van der Waals surface area contributed by atoms with Gasteiger partial charge in [0.1, 0.15) is 19.3 Å². The normalized spacial score (nSPS) is 14.4. The Labute approximate surface area is 592 Å². The van der Waals surface area contributed by atoms with Gasteiger partial charge >= 0.3 is 39.5 Å². The number of hydrogen-bond donors (Lipinski definition) is 3. The van der Waals surface area contributed by atoms with Gasteiger partial charge < -0.3 is 33.8 Å². The molecule has 0 bridgehead atoms. The zero-order chi connectivity index (χ0) is 71.4. The Bertz CT molecular complexity index is 1970. The summed E-state index contributed by atoms with van der Waals surface area (Å²) in [5.74, 6) is -0.528. The molecule has 6 atom stereocenters. The first-order valence-electron chi connectivity index (χ1n) is 39.8. The van der Waals surface area contributed by atoms with Gasteiger partial charge in [-0.2, -0.15) is 0 Å². The van der Waals surface area contributed by atoms with Gasteiger partial charge in [-0.25, -0.2) is 9.13 Å². The van der Waals surface area contributed by atoms with E-state index in [0.29, 0.717) is 25.7 Å². The Morgan fingerprint density at radius 1 is 0.340 bits per heavy atom. The van der Waals surface area contributed by atoms with Gasteiger partial charge in [-0.1, -0.05) is 329 Å². The lowest BCUT2D eigenvalue weighted by Crippen LogP contribution is -2.30. The van der Waals surface area contributed by atoms with Crippen molar-refractivity contribution in [2.45, 2.75) is 400 Å². The molecule has 0 rings (SSSR count). The number of esters is 4. The Morgan fingerprint density at radius 3 is 0.928 bits per heavy atom. The molecule has 0 saturated heterocycles. The summed E-state index contributed by atoms with van der Waals surface area (Å²) in [5, 5.41) is 10.6. The second-order valence-corrected chi connectivity index (χ2v) is 31.0. The molecule has 17 nitrogen and oxygen atoms in total. The molecule has 0 aliphatic heterocycles. The van der Waals surface area contributed by atoms with Crippen molar-refractivity contribution in [3.63, 3.8) is 0 Å². The number of aliphatic hydroxyl groups is 1. The van der Waals surface area contributed by atoms with Gasteiger partial charge in [0.25, 0.3) is 0 Å². The minimum absolute atomic E-state index is 0.101. The highest BCUT2D eigenvalue weighted by atomic mass is 31.2. The second-order valence-electron chi connectivity index (χ2n) is 28.1. The van der Waals surface area contributed by atoms with Crippen LogP contribution < -0.4 is 0 Å². The number of aliphatic hydroxyl groups excluding tert-OH is 1. The molecule has 0 aromatic carbocycles. The predicted octanol–water partition coefficient (Wildman–Crippen LogP) is 22.7. The van der Waals surface area contributed by atoms with Crippen LogP contribution in [0, 0.1) is 11.8 Å². The van der Waals surface area contributed by atoms with Crippen LogP contribution in [0.4, 0.5) is 0 Å². The van der Waals surface area contributed by atoms with E-state index >= 15 is 0 Å². The smallest absolute Gasteiger partial charge is 0.462 e. The number of carbonyl (C=O) groups excluding carboxylic acids is 4. The van der Waals surface area contributed by atoms with E-state index in [1.807, 2.05) is 0 Å². The summed E-state index contributed by atoms with van der Waals surface area (Å²) in [5.41, 5.74) is 0. The number of phosphoric ester groups is 2. The maximum Gasteiger partial charge on any atom is 0.472 e. The summed E-state index contributed by atoms with van der Waals surface area (Å²) in [6.45, 7) is 9.56. The van der Waals surface area contributed by atoms with Gasteiger partial charge in [0.2, 0.25) is 0 Å². The Hall–Kier alpha value is -2.46. The molecule has 0 amide bonds. The number of rotatable bonds is 75. The van der Waals surface area contributed by atoms with Crippen LogP contribution in [0.5, 0.6) is 0 Å². The van der Waals surface area contributed by atoms with Gasteiger partial charge in [-0.15, -0.1) is 0 Å². The minimum atomic E-state index is -4.97. The van der Waals surface area contributed by atoms with Crippen LogP contribution in [-0.2, 0) is 65.4 Å². The fourth-order valence-electron chi connectivity index (χ4n) is 11.4. The zero-order valence-electron chi connectivity index (χ0n) is 62.9. The molecule has 572 valence electrons. The minimum Gasteiger partial charge on any atom is -0.462 e. The molecular formula is C78H148O17P2. The van der Waals surface area contributed by atoms with E-state index in [9.17, 15) is 43.2 Å². The quantitative estimate of drug-likeness (QED) is 0.0169. The highest BCUT2D eigenvalue weighted by Crippen LogP contribution is 2.45. The molecule has 0 aliphatic rings. The van der Waals surface area contributed by atoms with Crippen LogP contribution in [0.15, 0.2) is 24.3 Å².